The molecule has 1 saturated heterocycles. The molecule has 1 aromatic carbocycles. The van der Waals surface area contributed by atoms with Crippen LogP contribution in [0.2, 0.25) is 0 Å². The first-order valence-electron chi connectivity index (χ1n) is 10.5. The number of piperidine rings is 1. The van der Waals surface area contributed by atoms with Gasteiger partial charge in [0.15, 0.2) is 0 Å². The highest BCUT2D eigenvalue weighted by Gasteiger charge is 2.22. The minimum atomic E-state index is -0.117. The van der Waals surface area contributed by atoms with Crippen molar-refractivity contribution in [3.05, 3.63) is 46.2 Å². The van der Waals surface area contributed by atoms with Crippen molar-refractivity contribution in [1.82, 2.24) is 5.32 Å². The van der Waals surface area contributed by atoms with Gasteiger partial charge in [0.1, 0.15) is 0 Å². The topological polar surface area (TPSA) is 70.7 Å². The predicted molar refractivity (Wildman–Crippen MR) is 123 cm³/mol. The molecule has 0 bridgehead atoms. The minimum Gasteiger partial charge on any atom is -0.385 e. The summed E-state index contributed by atoms with van der Waals surface area (Å²) in [5, 5.41) is 7.88. The summed E-state index contributed by atoms with van der Waals surface area (Å²) < 4.78 is 5.06. The van der Waals surface area contributed by atoms with Crippen LogP contribution in [-0.4, -0.2) is 45.2 Å². The summed E-state index contributed by atoms with van der Waals surface area (Å²) in [5.41, 5.74) is 2.19. The van der Waals surface area contributed by atoms with Crippen molar-refractivity contribution in [3.8, 4) is 0 Å². The van der Waals surface area contributed by atoms with Crippen LogP contribution in [0, 0.1) is 5.92 Å². The summed E-state index contributed by atoms with van der Waals surface area (Å²) in [4.78, 5) is 28.6. The van der Waals surface area contributed by atoms with Gasteiger partial charge < -0.3 is 20.3 Å². The van der Waals surface area contributed by atoms with Crippen LogP contribution in [0.5, 0.6) is 0 Å². The summed E-state index contributed by atoms with van der Waals surface area (Å²) in [6.45, 7) is 5.31. The highest BCUT2D eigenvalue weighted by atomic mass is 32.1. The molecule has 1 fully saturated rings. The zero-order valence-electron chi connectivity index (χ0n) is 17.8. The zero-order valence-corrected chi connectivity index (χ0v) is 18.6. The van der Waals surface area contributed by atoms with Crippen molar-refractivity contribution in [3.63, 3.8) is 0 Å². The predicted octanol–water partition coefficient (Wildman–Crippen LogP) is 3.93. The lowest BCUT2D eigenvalue weighted by Gasteiger charge is -2.33. The van der Waals surface area contributed by atoms with Gasteiger partial charge in [-0.15, -0.1) is 11.3 Å². The van der Waals surface area contributed by atoms with Gasteiger partial charge in [-0.3, -0.25) is 9.59 Å². The van der Waals surface area contributed by atoms with Crippen molar-refractivity contribution in [2.24, 2.45) is 5.92 Å². The van der Waals surface area contributed by atoms with Gasteiger partial charge in [-0.2, -0.15) is 0 Å². The Kier molecular flexibility index (Phi) is 8.28. The molecule has 0 saturated carbocycles. The molecule has 2 N–H and O–H groups in total. The monoisotopic (exact) mass is 429 g/mol. The Morgan fingerprint density at radius 3 is 2.73 bits per heavy atom. The molecule has 2 aromatic rings. The van der Waals surface area contributed by atoms with Crippen molar-refractivity contribution >= 4 is 34.5 Å². The van der Waals surface area contributed by atoms with Crippen LogP contribution < -0.4 is 15.5 Å². The smallest absolute Gasteiger partial charge is 0.253 e. The van der Waals surface area contributed by atoms with E-state index in [1.54, 1.807) is 24.5 Å². The number of thiophene rings is 1. The number of amides is 2. The van der Waals surface area contributed by atoms with Crippen molar-refractivity contribution in [2.75, 3.05) is 43.6 Å². The van der Waals surface area contributed by atoms with Gasteiger partial charge in [0.25, 0.3) is 5.91 Å². The Hall–Kier alpha value is -2.38. The van der Waals surface area contributed by atoms with Crippen LogP contribution in [0.15, 0.2) is 35.7 Å². The van der Waals surface area contributed by atoms with E-state index in [1.165, 1.54) is 0 Å². The normalized spacial score (nSPS) is 14.5. The van der Waals surface area contributed by atoms with Gasteiger partial charge in [-0.25, -0.2) is 0 Å². The van der Waals surface area contributed by atoms with Crippen LogP contribution >= 0.6 is 11.3 Å². The van der Waals surface area contributed by atoms with E-state index in [0.29, 0.717) is 36.7 Å². The standard InChI is InChI=1S/C23H31N3O3S/c1-17-8-11-26(12-9-17)21-7-6-18(25-22(27)16-19-5-3-14-30-19)15-20(21)23(28)24-10-4-13-29-2/h3,5-7,14-15,17H,4,8-13,16H2,1-2H3,(H,24,28)(H,25,27). The molecular formula is C23H31N3O3S. The summed E-state index contributed by atoms with van der Waals surface area (Å²) in [6, 6.07) is 9.53. The molecule has 0 spiro atoms. The number of ether oxygens (including phenoxy) is 1. The molecule has 1 aromatic heterocycles. The average molecular weight is 430 g/mol. The Labute approximate surface area is 182 Å². The molecule has 0 radical (unpaired) electrons. The molecule has 0 unspecified atom stereocenters. The molecule has 162 valence electrons. The van der Waals surface area contributed by atoms with Crippen LogP contribution in [0.25, 0.3) is 0 Å². The second-order valence-corrected chi connectivity index (χ2v) is 8.84. The van der Waals surface area contributed by atoms with E-state index >= 15 is 0 Å². The van der Waals surface area contributed by atoms with Gasteiger partial charge in [0.05, 0.1) is 12.0 Å². The maximum absolute atomic E-state index is 12.9. The molecule has 0 aliphatic carbocycles. The van der Waals surface area contributed by atoms with E-state index in [1.807, 2.05) is 29.6 Å². The maximum Gasteiger partial charge on any atom is 0.253 e. The minimum absolute atomic E-state index is 0.0801. The fourth-order valence-electron chi connectivity index (χ4n) is 3.61. The summed E-state index contributed by atoms with van der Waals surface area (Å²) in [7, 11) is 1.65. The quantitative estimate of drug-likeness (QED) is 0.593. The Bertz CT molecular complexity index is 830. The molecule has 7 heteroatoms. The van der Waals surface area contributed by atoms with Gasteiger partial charge in [-0.05, 0) is 54.8 Å². The third kappa shape index (κ3) is 6.31. The third-order valence-corrected chi connectivity index (χ3v) is 6.25. The molecule has 1 aliphatic heterocycles. The lowest BCUT2D eigenvalue weighted by molar-refractivity contribution is -0.115. The number of carbonyl (C=O) groups is 2. The second-order valence-electron chi connectivity index (χ2n) is 7.81. The lowest BCUT2D eigenvalue weighted by atomic mass is 9.97. The van der Waals surface area contributed by atoms with Gasteiger partial charge in [0, 0.05) is 49.6 Å². The average Bonchev–Trinajstić information content (AvgIpc) is 3.24. The molecular weight excluding hydrogens is 398 g/mol. The van der Waals surface area contributed by atoms with Gasteiger partial charge >= 0.3 is 0 Å². The highest BCUT2D eigenvalue weighted by molar-refractivity contribution is 7.10. The number of methoxy groups -OCH3 is 1. The van der Waals surface area contributed by atoms with Gasteiger partial charge in [0.2, 0.25) is 5.91 Å². The van der Waals surface area contributed by atoms with E-state index in [2.05, 4.69) is 22.5 Å². The maximum atomic E-state index is 12.9. The molecule has 6 nitrogen and oxygen atoms in total. The molecule has 3 rings (SSSR count). The van der Waals surface area contributed by atoms with Crippen LogP contribution in [0.3, 0.4) is 0 Å². The third-order valence-electron chi connectivity index (χ3n) is 5.37. The molecule has 1 aliphatic rings. The number of hydrogen-bond donors (Lipinski definition) is 2. The number of anilines is 2. The van der Waals surface area contributed by atoms with Crippen LogP contribution in [-0.2, 0) is 16.0 Å². The number of rotatable bonds is 9. The fraction of sp³-hybridized carbons (Fsp3) is 0.478. The first-order valence-corrected chi connectivity index (χ1v) is 11.4. The summed E-state index contributed by atoms with van der Waals surface area (Å²) in [6.07, 6.45) is 3.33. The van der Waals surface area contributed by atoms with E-state index in [4.69, 9.17) is 4.74 Å². The van der Waals surface area contributed by atoms with E-state index < -0.39 is 0 Å². The molecule has 0 atom stereocenters. The second kappa shape index (κ2) is 11.1. The number of benzene rings is 1. The van der Waals surface area contributed by atoms with Crippen molar-refractivity contribution in [1.29, 1.82) is 0 Å². The van der Waals surface area contributed by atoms with Gasteiger partial charge in [-0.1, -0.05) is 13.0 Å². The summed E-state index contributed by atoms with van der Waals surface area (Å²) >= 11 is 1.56. The first-order chi connectivity index (χ1) is 14.6. The number of hydrogen-bond acceptors (Lipinski definition) is 5. The Morgan fingerprint density at radius 1 is 1.23 bits per heavy atom. The zero-order chi connectivity index (χ0) is 21.3. The van der Waals surface area contributed by atoms with Crippen LogP contribution in [0.1, 0.15) is 41.4 Å². The fourth-order valence-corrected chi connectivity index (χ4v) is 4.31. The lowest BCUT2D eigenvalue weighted by Crippen LogP contribution is -2.35. The SMILES string of the molecule is COCCCNC(=O)c1cc(NC(=O)Cc2cccs2)ccc1N1CCC(C)CC1. The summed E-state index contributed by atoms with van der Waals surface area (Å²) in [5.74, 6) is 0.515. The molecule has 2 amide bonds. The van der Waals surface area contributed by atoms with Crippen molar-refractivity contribution < 1.29 is 14.3 Å². The first kappa shape index (κ1) is 22.3. The largest absolute Gasteiger partial charge is 0.385 e. The number of nitrogens with one attached hydrogen (secondary N) is 2. The Morgan fingerprint density at radius 2 is 2.03 bits per heavy atom. The van der Waals surface area contributed by atoms with Crippen molar-refractivity contribution in [2.45, 2.75) is 32.6 Å². The van der Waals surface area contributed by atoms with E-state index in [0.717, 1.165) is 42.9 Å². The molecule has 30 heavy (non-hydrogen) atoms. The number of carbonyl (C=O) groups excluding carboxylic acids is 2. The van der Waals surface area contributed by atoms with E-state index in [-0.39, 0.29) is 11.8 Å². The van der Waals surface area contributed by atoms with Crippen LogP contribution in [0.4, 0.5) is 11.4 Å². The highest BCUT2D eigenvalue weighted by Crippen LogP contribution is 2.29. The van der Waals surface area contributed by atoms with E-state index in [9.17, 15) is 9.59 Å². The Balaban J connectivity index is 1.74. The number of nitrogens with zero attached hydrogens (tertiary/aromatic N) is 1. The molecule has 2 heterocycles.